The molecule has 0 fully saturated rings. The van der Waals surface area contributed by atoms with Crippen LogP contribution in [0.2, 0.25) is 0 Å². The molecule has 0 saturated carbocycles. The van der Waals surface area contributed by atoms with Crippen molar-refractivity contribution in [3.05, 3.63) is 105 Å². The number of aryl methyl sites for hydroxylation is 2. The Kier molecular flexibility index (Phi) is 7.10. The topological polar surface area (TPSA) is 102 Å². The number of fused-ring (bicyclic) bond motifs is 1. The van der Waals surface area contributed by atoms with E-state index in [1.807, 2.05) is 76.2 Å². The number of nitrogens with zero attached hydrogens (tertiary/aromatic N) is 5. The molecule has 0 bridgehead atoms. The molecule has 9 nitrogen and oxygen atoms in total. The van der Waals surface area contributed by atoms with Crippen molar-refractivity contribution in [1.82, 2.24) is 30.1 Å². The fourth-order valence-electron chi connectivity index (χ4n) is 4.84. The monoisotopic (exact) mass is 526 g/mol. The second kappa shape index (κ2) is 10.5. The summed E-state index contributed by atoms with van der Waals surface area (Å²) in [7, 11) is 1.65. The van der Waals surface area contributed by atoms with Gasteiger partial charge < -0.3 is 14.1 Å². The van der Waals surface area contributed by atoms with Gasteiger partial charge in [-0.2, -0.15) is 0 Å². The van der Waals surface area contributed by atoms with Gasteiger partial charge in [0.2, 0.25) is 0 Å². The van der Waals surface area contributed by atoms with Crippen molar-refractivity contribution in [2.45, 2.75) is 59.3 Å². The van der Waals surface area contributed by atoms with Crippen LogP contribution in [0.5, 0.6) is 5.75 Å². The zero-order chi connectivity index (χ0) is 27.7. The van der Waals surface area contributed by atoms with Gasteiger partial charge in [-0.1, -0.05) is 12.1 Å². The molecule has 0 radical (unpaired) electrons. The Morgan fingerprint density at radius 1 is 1.05 bits per heavy atom. The van der Waals surface area contributed by atoms with Crippen LogP contribution in [-0.2, 0) is 18.6 Å². The lowest BCUT2D eigenvalue weighted by Crippen LogP contribution is -2.37. The van der Waals surface area contributed by atoms with E-state index in [1.165, 1.54) is 0 Å². The maximum atomic E-state index is 13.8. The number of aromatic amines is 1. The van der Waals surface area contributed by atoms with Crippen molar-refractivity contribution in [1.29, 1.82) is 0 Å². The van der Waals surface area contributed by atoms with Crippen molar-refractivity contribution in [3.8, 4) is 5.75 Å². The maximum absolute atomic E-state index is 13.8. The van der Waals surface area contributed by atoms with Crippen LogP contribution in [0.25, 0.3) is 10.9 Å². The summed E-state index contributed by atoms with van der Waals surface area (Å²) < 4.78 is 12.9. The van der Waals surface area contributed by atoms with E-state index >= 15 is 0 Å². The number of aromatic nitrogens is 5. The van der Waals surface area contributed by atoms with Crippen LogP contribution >= 0.6 is 0 Å². The first kappa shape index (κ1) is 26.4. The zero-order valence-electron chi connectivity index (χ0n) is 23.2. The van der Waals surface area contributed by atoms with Gasteiger partial charge in [-0.15, -0.1) is 5.10 Å². The van der Waals surface area contributed by atoms with Gasteiger partial charge in [-0.3, -0.25) is 9.69 Å². The van der Waals surface area contributed by atoms with E-state index in [0.29, 0.717) is 24.5 Å². The minimum atomic E-state index is -0.568. The number of hydrogen-bond donors (Lipinski definition) is 1. The smallest absolute Gasteiger partial charge is 0.253 e. The lowest BCUT2D eigenvalue weighted by atomic mass is 9.99. The summed E-state index contributed by atoms with van der Waals surface area (Å²) in [5, 5.41) is 13.8. The number of methoxy groups -OCH3 is 1. The highest BCUT2D eigenvalue weighted by Crippen LogP contribution is 2.32. The quantitative estimate of drug-likeness (QED) is 0.293. The highest BCUT2D eigenvalue weighted by Gasteiger charge is 2.34. The minimum Gasteiger partial charge on any atom is -0.497 e. The van der Waals surface area contributed by atoms with Crippen LogP contribution < -0.4 is 10.3 Å². The highest BCUT2D eigenvalue weighted by atomic mass is 16.5. The van der Waals surface area contributed by atoms with Gasteiger partial charge in [0.25, 0.3) is 5.56 Å². The first-order valence-corrected chi connectivity index (χ1v) is 13.0. The van der Waals surface area contributed by atoms with Crippen molar-refractivity contribution >= 4 is 10.9 Å². The minimum absolute atomic E-state index is 0.182. The second-order valence-electron chi connectivity index (χ2n) is 10.9. The van der Waals surface area contributed by atoms with Crippen LogP contribution in [0, 0.1) is 13.8 Å². The normalized spacial score (nSPS) is 12.8. The number of rotatable bonds is 8. The molecular weight excluding hydrogens is 492 g/mol. The maximum Gasteiger partial charge on any atom is 0.253 e. The van der Waals surface area contributed by atoms with Crippen LogP contribution in [0.1, 0.15) is 60.7 Å². The van der Waals surface area contributed by atoms with Gasteiger partial charge in [-0.25, -0.2) is 4.68 Å². The van der Waals surface area contributed by atoms with Gasteiger partial charge in [-0.05, 0) is 110 Å². The van der Waals surface area contributed by atoms with E-state index in [2.05, 4.69) is 38.4 Å². The third kappa shape index (κ3) is 5.49. The van der Waals surface area contributed by atoms with Crippen LogP contribution in [0.15, 0.2) is 70.1 Å². The molecule has 0 unspecified atom stereocenters. The summed E-state index contributed by atoms with van der Waals surface area (Å²) >= 11 is 0. The molecule has 39 heavy (non-hydrogen) atoms. The number of H-pyrrole nitrogens is 1. The van der Waals surface area contributed by atoms with Gasteiger partial charge >= 0.3 is 0 Å². The van der Waals surface area contributed by atoms with E-state index in [1.54, 1.807) is 18.1 Å². The molecule has 9 heteroatoms. The summed E-state index contributed by atoms with van der Waals surface area (Å²) in [4.78, 5) is 19.1. The molecule has 0 aliphatic carbocycles. The SMILES string of the molecule is COc1ccc(CN(Cc2ccco2)[C@@H](c2cc3cc(C)c(C)cc3[nH]c2=O)c2nnnn2C(C)(C)C)cc1. The van der Waals surface area contributed by atoms with Crippen molar-refractivity contribution in [2.24, 2.45) is 0 Å². The lowest BCUT2D eigenvalue weighted by molar-refractivity contribution is 0.171. The molecule has 1 atom stereocenters. The summed E-state index contributed by atoms with van der Waals surface area (Å²) in [5.41, 5.74) is 4.09. The Balaban J connectivity index is 1.72. The molecule has 2 aromatic carbocycles. The fraction of sp³-hybridized carbons (Fsp3) is 0.333. The highest BCUT2D eigenvalue weighted by molar-refractivity contribution is 5.81. The molecule has 3 heterocycles. The summed E-state index contributed by atoms with van der Waals surface area (Å²) in [6, 6.07) is 17.2. The number of furan rings is 1. The standard InChI is InChI=1S/C30H34N6O3/c1-19-14-22-16-25(29(37)31-26(22)15-20(19)2)27(28-32-33-34-36(28)30(3,4)5)35(18-24-8-7-13-39-24)17-21-9-11-23(38-6)12-10-21/h7-16,27H,17-18H2,1-6H3,(H,31,37)/t27-/m0/s1. The fourth-order valence-corrected chi connectivity index (χ4v) is 4.84. The summed E-state index contributed by atoms with van der Waals surface area (Å²) in [5.74, 6) is 2.13. The van der Waals surface area contributed by atoms with Crippen LogP contribution in [-0.4, -0.2) is 37.2 Å². The molecule has 3 aromatic heterocycles. The molecule has 0 amide bonds. The van der Waals surface area contributed by atoms with E-state index in [4.69, 9.17) is 9.15 Å². The average Bonchev–Trinajstić information content (AvgIpc) is 3.59. The first-order chi connectivity index (χ1) is 18.6. The third-order valence-electron chi connectivity index (χ3n) is 7.00. The Labute approximate surface area is 227 Å². The molecule has 5 aromatic rings. The molecule has 0 saturated heterocycles. The van der Waals surface area contributed by atoms with Crippen LogP contribution in [0.4, 0.5) is 0 Å². The predicted molar refractivity (Wildman–Crippen MR) is 150 cm³/mol. The summed E-state index contributed by atoms with van der Waals surface area (Å²) in [6.07, 6.45) is 1.66. The number of tetrazole rings is 1. The Bertz CT molecular complexity index is 1630. The van der Waals surface area contributed by atoms with E-state index in [9.17, 15) is 4.79 Å². The van der Waals surface area contributed by atoms with Gasteiger partial charge in [0.05, 0.1) is 25.5 Å². The molecular formula is C30H34N6O3. The van der Waals surface area contributed by atoms with Gasteiger partial charge in [0.15, 0.2) is 5.82 Å². The molecule has 5 rings (SSSR count). The van der Waals surface area contributed by atoms with Gasteiger partial charge in [0, 0.05) is 17.6 Å². The summed E-state index contributed by atoms with van der Waals surface area (Å²) in [6.45, 7) is 11.2. The van der Waals surface area contributed by atoms with E-state index < -0.39 is 11.6 Å². The molecule has 0 spiro atoms. The number of benzene rings is 2. The lowest BCUT2D eigenvalue weighted by Gasteiger charge is -2.32. The third-order valence-corrected chi connectivity index (χ3v) is 7.00. The van der Waals surface area contributed by atoms with Crippen LogP contribution in [0.3, 0.4) is 0 Å². The largest absolute Gasteiger partial charge is 0.497 e. The average molecular weight is 527 g/mol. The van der Waals surface area contributed by atoms with Crippen molar-refractivity contribution in [3.63, 3.8) is 0 Å². The first-order valence-electron chi connectivity index (χ1n) is 13.0. The number of ether oxygens (including phenoxy) is 1. The number of hydrogen-bond acceptors (Lipinski definition) is 7. The van der Waals surface area contributed by atoms with Crippen molar-refractivity contribution in [2.75, 3.05) is 7.11 Å². The molecule has 0 aliphatic rings. The zero-order valence-corrected chi connectivity index (χ0v) is 23.2. The van der Waals surface area contributed by atoms with Crippen molar-refractivity contribution < 1.29 is 9.15 Å². The predicted octanol–water partition coefficient (Wildman–Crippen LogP) is 5.28. The van der Waals surface area contributed by atoms with Gasteiger partial charge in [0.1, 0.15) is 17.6 Å². The Morgan fingerprint density at radius 3 is 2.46 bits per heavy atom. The Morgan fingerprint density at radius 2 is 1.79 bits per heavy atom. The second-order valence-corrected chi connectivity index (χ2v) is 10.9. The van der Waals surface area contributed by atoms with E-state index in [-0.39, 0.29) is 5.56 Å². The molecule has 1 N–H and O–H groups in total. The van der Waals surface area contributed by atoms with E-state index in [0.717, 1.165) is 39.1 Å². The molecule has 202 valence electrons. The number of nitrogens with one attached hydrogen (secondary N) is 1. The number of pyridine rings is 1. The molecule has 0 aliphatic heterocycles. The Hall–Kier alpha value is -4.24.